The summed E-state index contributed by atoms with van der Waals surface area (Å²) in [4.78, 5) is 14.4. The normalized spacial score (nSPS) is 12.2. The van der Waals surface area contributed by atoms with Crippen molar-refractivity contribution in [3.05, 3.63) is 29.3 Å². The molecule has 0 heterocycles. The van der Waals surface area contributed by atoms with E-state index in [1.165, 1.54) is 0 Å². The van der Waals surface area contributed by atoms with Gasteiger partial charge in [-0.05, 0) is 31.4 Å². The number of nitrogen functional groups attached to an aromatic ring is 1. The number of benzene rings is 1. The number of nitrogens with zero attached hydrogens (tertiary/aromatic N) is 1. The van der Waals surface area contributed by atoms with Crippen molar-refractivity contribution < 1.29 is 4.79 Å². The van der Waals surface area contributed by atoms with Crippen LogP contribution < -0.4 is 5.73 Å². The Balaban J connectivity index is 2.97. The molecule has 18 heavy (non-hydrogen) atoms. The summed E-state index contributed by atoms with van der Waals surface area (Å²) in [6, 6.07) is 5.60. The van der Waals surface area contributed by atoms with Crippen molar-refractivity contribution in [1.82, 2.24) is 4.90 Å². The van der Waals surface area contributed by atoms with Gasteiger partial charge in [0.15, 0.2) is 0 Å². The summed E-state index contributed by atoms with van der Waals surface area (Å²) >= 11 is 0. The van der Waals surface area contributed by atoms with Gasteiger partial charge in [-0.25, -0.2) is 0 Å². The molecule has 1 aromatic carbocycles. The second kappa shape index (κ2) is 6.43. The van der Waals surface area contributed by atoms with Crippen molar-refractivity contribution in [1.29, 1.82) is 0 Å². The summed E-state index contributed by atoms with van der Waals surface area (Å²) in [6.45, 7) is 9.76. The standard InChI is InChI=1S/C15H24N2O/c1-5-11(3)10-17(6-2)15(18)14-12(4)8-7-9-13(14)16/h7-9,11H,5-6,10,16H2,1-4H3. The van der Waals surface area contributed by atoms with Crippen molar-refractivity contribution in [2.45, 2.75) is 34.1 Å². The van der Waals surface area contributed by atoms with Gasteiger partial charge in [-0.2, -0.15) is 0 Å². The largest absolute Gasteiger partial charge is 0.398 e. The molecule has 0 radical (unpaired) electrons. The van der Waals surface area contributed by atoms with E-state index in [2.05, 4.69) is 13.8 Å². The molecule has 1 rings (SSSR count). The highest BCUT2D eigenvalue weighted by Gasteiger charge is 2.19. The monoisotopic (exact) mass is 248 g/mol. The molecule has 0 aliphatic rings. The van der Waals surface area contributed by atoms with Crippen LogP contribution in [0, 0.1) is 12.8 Å². The van der Waals surface area contributed by atoms with E-state index in [1.807, 2.05) is 30.9 Å². The topological polar surface area (TPSA) is 46.3 Å². The summed E-state index contributed by atoms with van der Waals surface area (Å²) in [5.41, 5.74) is 8.10. The van der Waals surface area contributed by atoms with Gasteiger partial charge in [-0.3, -0.25) is 4.79 Å². The van der Waals surface area contributed by atoms with Gasteiger partial charge in [0, 0.05) is 18.8 Å². The van der Waals surface area contributed by atoms with Gasteiger partial charge in [-0.1, -0.05) is 32.4 Å². The summed E-state index contributed by atoms with van der Waals surface area (Å²) in [5.74, 6) is 0.563. The predicted octanol–water partition coefficient (Wildman–Crippen LogP) is 3.09. The molecule has 0 spiro atoms. The lowest BCUT2D eigenvalue weighted by atomic mass is 10.0. The average molecular weight is 248 g/mol. The molecular weight excluding hydrogens is 224 g/mol. The van der Waals surface area contributed by atoms with E-state index < -0.39 is 0 Å². The Hall–Kier alpha value is -1.51. The summed E-state index contributed by atoms with van der Waals surface area (Å²) in [7, 11) is 0. The molecular formula is C15H24N2O. The Morgan fingerprint density at radius 1 is 1.39 bits per heavy atom. The third-order valence-electron chi connectivity index (χ3n) is 3.42. The molecule has 1 atom stereocenters. The molecule has 1 unspecified atom stereocenters. The average Bonchev–Trinajstić information content (AvgIpc) is 2.35. The highest BCUT2D eigenvalue weighted by atomic mass is 16.2. The molecule has 2 N–H and O–H groups in total. The van der Waals surface area contributed by atoms with E-state index in [9.17, 15) is 4.79 Å². The van der Waals surface area contributed by atoms with E-state index in [0.717, 1.165) is 25.1 Å². The number of nitrogens with two attached hydrogens (primary N) is 1. The Kier molecular flexibility index (Phi) is 5.20. The highest BCUT2D eigenvalue weighted by Crippen LogP contribution is 2.19. The van der Waals surface area contributed by atoms with Gasteiger partial charge in [0.2, 0.25) is 0 Å². The lowest BCUT2D eigenvalue weighted by Gasteiger charge is -2.25. The maximum Gasteiger partial charge on any atom is 0.256 e. The van der Waals surface area contributed by atoms with E-state index in [0.29, 0.717) is 17.2 Å². The molecule has 0 bridgehead atoms. The Morgan fingerprint density at radius 2 is 2.06 bits per heavy atom. The Bertz CT molecular complexity index is 395. The number of carbonyl (C=O) groups is 1. The fourth-order valence-electron chi connectivity index (χ4n) is 2.00. The van der Waals surface area contributed by atoms with Gasteiger partial charge < -0.3 is 10.6 Å². The van der Waals surface area contributed by atoms with Crippen molar-refractivity contribution in [3.8, 4) is 0 Å². The quantitative estimate of drug-likeness (QED) is 0.814. The first-order valence-electron chi connectivity index (χ1n) is 6.65. The zero-order chi connectivity index (χ0) is 13.7. The molecule has 1 aromatic rings. The van der Waals surface area contributed by atoms with Crippen LogP contribution in [0.1, 0.15) is 43.1 Å². The maximum absolute atomic E-state index is 12.5. The fraction of sp³-hybridized carbons (Fsp3) is 0.533. The first kappa shape index (κ1) is 14.6. The SMILES string of the molecule is CCC(C)CN(CC)C(=O)c1c(C)cccc1N. The van der Waals surface area contributed by atoms with Crippen molar-refractivity contribution in [2.24, 2.45) is 5.92 Å². The predicted molar refractivity (Wildman–Crippen MR) is 76.6 cm³/mol. The molecule has 0 fully saturated rings. The molecule has 0 aliphatic heterocycles. The van der Waals surface area contributed by atoms with Crippen LogP contribution in [0.3, 0.4) is 0 Å². The van der Waals surface area contributed by atoms with Gasteiger partial charge >= 0.3 is 0 Å². The molecule has 100 valence electrons. The van der Waals surface area contributed by atoms with E-state index >= 15 is 0 Å². The highest BCUT2D eigenvalue weighted by molar-refractivity contribution is 6.00. The third kappa shape index (κ3) is 3.25. The number of aryl methyl sites for hydroxylation is 1. The second-order valence-corrected chi connectivity index (χ2v) is 4.90. The number of carbonyl (C=O) groups excluding carboxylic acids is 1. The van der Waals surface area contributed by atoms with Crippen LogP contribution in [-0.2, 0) is 0 Å². The van der Waals surface area contributed by atoms with Crippen LogP contribution >= 0.6 is 0 Å². The Labute approximate surface area is 110 Å². The molecule has 3 heteroatoms. The number of hydrogen-bond acceptors (Lipinski definition) is 2. The van der Waals surface area contributed by atoms with Gasteiger partial charge in [-0.15, -0.1) is 0 Å². The van der Waals surface area contributed by atoms with Crippen LogP contribution in [0.25, 0.3) is 0 Å². The minimum atomic E-state index is 0.0494. The maximum atomic E-state index is 12.5. The van der Waals surface area contributed by atoms with Crippen LogP contribution in [0.5, 0.6) is 0 Å². The van der Waals surface area contributed by atoms with Gasteiger partial charge in [0.05, 0.1) is 5.56 Å². The Morgan fingerprint density at radius 3 is 2.56 bits per heavy atom. The van der Waals surface area contributed by atoms with Crippen molar-refractivity contribution >= 4 is 11.6 Å². The molecule has 0 saturated heterocycles. The number of amides is 1. The lowest BCUT2D eigenvalue weighted by Crippen LogP contribution is -2.35. The van der Waals surface area contributed by atoms with Crippen LogP contribution in [0.2, 0.25) is 0 Å². The van der Waals surface area contributed by atoms with E-state index in [1.54, 1.807) is 6.07 Å². The molecule has 3 nitrogen and oxygen atoms in total. The summed E-state index contributed by atoms with van der Waals surface area (Å²) in [5, 5.41) is 0. The van der Waals surface area contributed by atoms with Gasteiger partial charge in [0.1, 0.15) is 0 Å². The third-order valence-corrected chi connectivity index (χ3v) is 3.42. The minimum absolute atomic E-state index is 0.0494. The van der Waals surface area contributed by atoms with E-state index in [-0.39, 0.29) is 5.91 Å². The molecule has 0 aromatic heterocycles. The molecule has 0 aliphatic carbocycles. The van der Waals surface area contributed by atoms with Gasteiger partial charge in [0.25, 0.3) is 5.91 Å². The molecule has 1 amide bonds. The number of anilines is 1. The first-order valence-corrected chi connectivity index (χ1v) is 6.65. The number of rotatable bonds is 5. The number of hydrogen-bond donors (Lipinski definition) is 1. The van der Waals surface area contributed by atoms with Crippen LogP contribution in [0.4, 0.5) is 5.69 Å². The second-order valence-electron chi connectivity index (χ2n) is 4.90. The lowest BCUT2D eigenvalue weighted by molar-refractivity contribution is 0.0741. The van der Waals surface area contributed by atoms with Crippen LogP contribution in [0.15, 0.2) is 18.2 Å². The first-order chi connectivity index (χ1) is 8.51. The zero-order valence-corrected chi connectivity index (χ0v) is 11.9. The van der Waals surface area contributed by atoms with Crippen molar-refractivity contribution in [2.75, 3.05) is 18.8 Å². The van der Waals surface area contributed by atoms with Crippen molar-refractivity contribution in [3.63, 3.8) is 0 Å². The fourth-order valence-corrected chi connectivity index (χ4v) is 2.00. The zero-order valence-electron chi connectivity index (χ0n) is 11.9. The summed E-state index contributed by atoms with van der Waals surface area (Å²) < 4.78 is 0. The minimum Gasteiger partial charge on any atom is -0.398 e. The van der Waals surface area contributed by atoms with Crippen LogP contribution in [-0.4, -0.2) is 23.9 Å². The smallest absolute Gasteiger partial charge is 0.256 e. The van der Waals surface area contributed by atoms with E-state index in [4.69, 9.17) is 5.73 Å². The summed E-state index contributed by atoms with van der Waals surface area (Å²) in [6.07, 6.45) is 1.08. The molecule has 0 saturated carbocycles.